The topological polar surface area (TPSA) is 67.6 Å². The smallest absolute Gasteiger partial charge is 0.251 e. The number of nitrogens with one attached hydrogen (secondary N) is 1. The minimum Gasteiger partial charge on any atom is -0.461 e. The van der Waals surface area contributed by atoms with Gasteiger partial charge < -0.3 is 20.7 Å². The minimum atomic E-state index is -0.968. The van der Waals surface area contributed by atoms with Crippen LogP contribution >= 0.6 is 0 Å². The molecular weight excluding hydrogens is 261 g/mol. The van der Waals surface area contributed by atoms with Gasteiger partial charge in [-0.2, -0.15) is 0 Å². The van der Waals surface area contributed by atoms with E-state index in [2.05, 4.69) is 17.3 Å². The fourth-order valence-corrected chi connectivity index (χ4v) is 2.28. The van der Waals surface area contributed by atoms with Gasteiger partial charge in [-0.1, -0.05) is 0 Å². The lowest BCUT2D eigenvalue weighted by Crippen LogP contribution is -2.43. The van der Waals surface area contributed by atoms with E-state index in [9.17, 15) is 9.18 Å². The molecule has 2 rings (SSSR count). The number of halogens is 1. The highest BCUT2D eigenvalue weighted by Gasteiger charge is 2.19. The van der Waals surface area contributed by atoms with E-state index in [1.165, 1.54) is 6.07 Å². The predicted molar refractivity (Wildman–Crippen MR) is 75.4 cm³/mol. The summed E-state index contributed by atoms with van der Waals surface area (Å²) in [7, 11) is 2.07. The van der Waals surface area contributed by atoms with Gasteiger partial charge in [-0.15, -0.1) is 0 Å². The van der Waals surface area contributed by atoms with Gasteiger partial charge in [0.15, 0.2) is 0 Å². The third-order valence-corrected chi connectivity index (χ3v) is 3.54. The van der Waals surface area contributed by atoms with Gasteiger partial charge in [-0.25, -0.2) is 4.39 Å². The fraction of sp³-hybridized carbons (Fsp3) is 0.500. The summed E-state index contributed by atoms with van der Waals surface area (Å²) in [6, 6.07) is 4.82. The number of likely N-dealkylation sites (tertiary alicyclic amines) is 1. The second-order valence-corrected chi connectivity index (χ2v) is 5.06. The molecule has 1 amide bonds. The van der Waals surface area contributed by atoms with Crippen LogP contribution in [0.2, 0.25) is 0 Å². The molecule has 0 aromatic heterocycles. The van der Waals surface area contributed by atoms with Crippen molar-refractivity contribution in [2.45, 2.75) is 18.9 Å². The van der Waals surface area contributed by atoms with E-state index in [1.54, 1.807) is 12.1 Å². The normalized spacial score (nSPS) is 16.9. The third kappa shape index (κ3) is 3.60. The van der Waals surface area contributed by atoms with Crippen LogP contribution < -0.4 is 15.8 Å². The molecule has 0 unspecified atom stereocenters. The van der Waals surface area contributed by atoms with Crippen molar-refractivity contribution in [2.75, 3.05) is 32.7 Å². The van der Waals surface area contributed by atoms with Crippen molar-refractivity contribution in [1.82, 2.24) is 10.2 Å². The molecule has 0 saturated carbocycles. The first-order valence-corrected chi connectivity index (χ1v) is 6.68. The molecule has 1 heterocycles. The Morgan fingerprint density at radius 3 is 2.85 bits per heavy atom. The lowest BCUT2D eigenvalue weighted by molar-refractivity contribution is 0.0916. The molecule has 1 saturated heterocycles. The van der Waals surface area contributed by atoms with Gasteiger partial charge >= 0.3 is 0 Å². The maximum absolute atomic E-state index is 12.2. The number of benzene rings is 1. The van der Waals surface area contributed by atoms with E-state index in [1.807, 2.05) is 0 Å². The second kappa shape index (κ2) is 6.56. The van der Waals surface area contributed by atoms with E-state index in [-0.39, 0.29) is 17.7 Å². The number of rotatable bonds is 4. The average Bonchev–Trinajstić information content (AvgIpc) is 2.44. The summed E-state index contributed by atoms with van der Waals surface area (Å²) in [5.74, 6) is 0.0202. The molecule has 1 aromatic rings. The number of ether oxygens (including phenoxy) is 1. The molecule has 20 heavy (non-hydrogen) atoms. The Kier molecular flexibility index (Phi) is 4.79. The van der Waals surface area contributed by atoms with Crippen LogP contribution in [0.5, 0.6) is 5.75 Å². The number of amides is 1. The highest BCUT2D eigenvalue weighted by molar-refractivity contribution is 5.95. The number of hydrogen-bond donors (Lipinski definition) is 2. The maximum Gasteiger partial charge on any atom is 0.251 e. The number of anilines is 1. The van der Waals surface area contributed by atoms with Crippen molar-refractivity contribution in [3.63, 3.8) is 0 Å². The van der Waals surface area contributed by atoms with E-state index in [4.69, 9.17) is 10.5 Å². The summed E-state index contributed by atoms with van der Waals surface area (Å²) >= 11 is 0. The van der Waals surface area contributed by atoms with Crippen molar-refractivity contribution in [2.24, 2.45) is 0 Å². The van der Waals surface area contributed by atoms with E-state index in [0.717, 1.165) is 25.9 Å². The van der Waals surface area contributed by atoms with Crippen LogP contribution in [0.25, 0.3) is 0 Å². The lowest BCUT2D eigenvalue weighted by Gasteiger charge is -2.29. The van der Waals surface area contributed by atoms with Crippen molar-refractivity contribution < 1.29 is 13.9 Å². The zero-order valence-corrected chi connectivity index (χ0v) is 11.6. The molecule has 0 atom stereocenters. The van der Waals surface area contributed by atoms with E-state index in [0.29, 0.717) is 11.3 Å². The molecule has 1 aromatic carbocycles. The molecule has 110 valence electrons. The Morgan fingerprint density at radius 2 is 2.20 bits per heavy atom. The fourth-order valence-electron chi connectivity index (χ4n) is 2.28. The average molecular weight is 281 g/mol. The predicted octanol–water partition coefficient (Wildman–Crippen LogP) is 1.40. The van der Waals surface area contributed by atoms with Crippen LogP contribution in [0.15, 0.2) is 18.2 Å². The van der Waals surface area contributed by atoms with Crippen LogP contribution in [0.1, 0.15) is 23.2 Å². The highest BCUT2D eigenvalue weighted by atomic mass is 19.1. The van der Waals surface area contributed by atoms with E-state index < -0.39 is 6.86 Å². The summed E-state index contributed by atoms with van der Waals surface area (Å²) < 4.78 is 17.0. The molecule has 1 aliphatic rings. The summed E-state index contributed by atoms with van der Waals surface area (Å²) in [6.07, 6.45) is 1.87. The molecular formula is C14H20FN3O2. The first-order chi connectivity index (χ1) is 9.60. The van der Waals surface area contributed by atoms with Gasteiger partial charge in [0, 0.05) is 11.6 Å². The Labute approximate surface area is 117 Å². The largest absolute Gasteiger partial charge is 0.461 e. The zero-order valence-electron chi connectivity index (χ0n) is 11.6. The molecule has 0 aliphatic carbocycles. The number of carbonyl (C=O) groups is 1. The Morgan fingerprint density at radius 1 is 1.50 bits per heavy atom. The Bertz CT molecular complexity index is 473. The highest BCUT2D eigenvalue weighted by Crippen LogP contribution is 2.23. The Hall–Kier alpha value is -1.82. The molecule has 1 fully saturated rings. The minimum absolute atomic E-state index is 0.178. The van der Waals surface area contributed by atoms with Crippen molar-refractivity contribution in [3.8, 4) is 5.75 Å². The quantitative estimate of drug-likeness (QED) is 0.819. The first kappa shape index (κ1) is 14.6. The molecule has 1 aliphatic heterocycles. The monoisotopic (exact) mass is 281 g/mol. The third-order valence-electron chi connectivity index (χ3n) is 3.54. The number of hydrogen-bond acceptors (Lipinski definition) is 4. The van der Waals surface area contributed by atoms with Crippen LogP contribution in [0.3, 0.4) is 0 Å². The maximum atomic E-state index is 12.2. The summed E-state index contributed by atoms with van der Waals surface area (Å²) in [4.78, 5) is 14.4. The SMILES string of the molecule is CN1CCC(NC(=O)c2ccc(N)c(OCF)c2)CC1. The lowest BCUT2D eigenvalue weighted by atomic mass is 10.0. The summed E-state index contributed by atoms with van der Waals surface area (Å²) in [5.41, 5.74) is 6.40. The van der Waals surface area contributed by atoms with Gasteiger partial charge in [0.2, 0.25) is 6.86 Å². The van der Waals surface area contributed by atoms with Crippen LogP contribution in [0.4, 0.5) is 10.1 Å². The number of nitrogens with zero attached hydrogens (tertiary/aromatic N) is 1. The number of piperidine rings is 1. The standard InChI is InChI=1S/C14H20FN3O2/c1-18-6-4-11(5-7-18)17-14(19)10-2-3-12(16)13(8-10)20-9-15/h2-3,8,11H,4-7,9,16H2,1H3,(H,17,19). The van der Waals surface area contributed by atoms with Crippen molar-refractivity contribution in [1.29, 1.82) is 0 Å². The number of nitrogens with two attached hydrogens (primary N) is 1. The van der Waals surface area contributed by atoms with Gasteiger partial charge in [0.1, 0.15) is 5.75 Å². The molecule has 5 nitrogen and oxygen atoms in total. The second-order valence-electron chi connectivity index (χ2n) is 5.06. The number of carbonyl (C=O) groups excluding carboxylic acids is 1. The van der Waals surface area contributed by atoms with Gasteiger partial charge in [0.05, 0.1) is 5.69 Å². The number of nitrogen functional groups attached to an aromatic ring is 1. The molecule has 3 N–H and O–H groups in total. The van der Waals surface area contributed by atoms with Gasteiger partial charge in [-0.05, 0) is 51.2 Å². The molecule has 0 radical (unpaired) electrons. The molecule has 6 heteroatoms. The summed E-state index contributed by atoms with van der Waals surface area (Å²) in [6.45, 7) is 0.982. The van der Waals surface area contributed by atoms with Gasteiger partial charge in [-0.3, -0.25) is 4.79 Å². The first-order valence-electron chi connectivity index (χ1n) is 6.68. The number of alkyl halides is 1. The van der Waals surface area contributed by atoms with Crippen LogP contribution in [0, 0.1) is 0 Å². The summed E-state index contributed by atoms with van der Waals surface area (Å²) in [5, 5.41) is 2.99. The van der Waals surface area contributed by atoms with Crippen LogP contribution in [-0.4, -0.2) is 43.8 Å². The Balaban J connectivity index is 2.00. The van der Waals surface area contributed by atoms with Crippen molar-refractivity contribution in [3.05, 3.63) is 23.8 Å². The van der Waals surface area contributed by atoms with Gasteiger partial charge in [0.25, 0.3) is 5.91 Å². The van der Waals surface area contributed by atoms with Crippen molar-refractivity contribution >= 4 is 11.6 Å². The van der Waals surface area contributed by atoms with Crippen LogP contribution in [-0.2, 0) is 0 Å². The zero-order chi connectivity index (χ0) is 14.5. The molecule has 0 spiro atoms. The van der Waals surface area contributed by atoms with E-state index >= 15 is 0 Å². The molecule has 0 bridgehead atoms.